The van der Waals surface area contributed by atoms with Gasteiger partial charge in [-0.2, -0.15) is 0 Å². The van der Waals surface area contributed by atoms with Gasteiger partial charge in [0.2, 0.25) is 0 Å². The molecule has 5 atom stereocenters. The molecule has 0 spiro atoms. The Morgan fingerprint density at radius 3 is 2.24 bits per heavy atom. The lowest BCUT2D eigenvalue weighted by molar-refractivity contribution is -0.131. The molecule has 1 amide bonds. The fourth-order valence-electron chi connectivity index (χ4n) is 5.66. The molecule has 10 heteroatoms. The number of phenols is 1. The summed E-state index contributed by atoms with van der Waals surface area (Å²) in [7, 11) is 6.75. The number of likely N-dealkylation sites (N-methyl/N-ethyl adjacent to an activating group) is 1. The summed E-state index contributed by atoms with van der Waals surface area (Å²) in [6.07, 6.45) is -1.20. The van der Waals surface area contributed by atoms with Crippen LogP contribution in [0.25, 0.3) is 0 Å². The Labute approximate surface area is 190 Å². The van der Waals surface area contributed by atoms with Crippen molar-refractivity contribution in [3.8, 4) is 5.75 Å². The summed E-state index contributed by atoms with van der Waals surface area (Å²) in [5.41, 5.74) is 5.71. The van der Waals surface area contributed by atoms with Gasteiger partial charge in [-0.3, -0.25) is 19.3 Å². The molecule has 33 heavy (non-hydrogen) atoms. The highest BCUT2D eigenvalue weighted by Crippen LogP contribution is 2.51. The van der Waals surface area contributed by atoms with Crippen LogP contribution in [0.15, 0.2) is 34.8 Å². The van der Waals surface area contributed by atoms with Gasteiger partial charge in [0, 0.05) is 37.2 Å². The van der Waals surface area contributed by atoms with Crippen LogP contribution in [0.2, 0.25) is 0 Å². The molecule has 3 aliphatic carbocycles. The molecule has 0 saturated carbocycles. The fourth-order valence-corrected chi connectivity index (χ4v) is 5.66. The summed E-state index contributed by atoms with van der Waals surface area (Å²) in [5, 5.41) is 43.8. The monoisotopic (exact) mass is 457 g/mol. The van der Waals surface area contributed by atoms with Crippen molar-refractivity contribution in [3.63, 3.8) is 0 Å². The van der Waals surface area contributed by atoms with Crippen molar-refractivity contribution in [1.82, 2.24) is 4.90 Å². The third kappa shape index (κ3) is 3.05. The Morgan fingerprint density at radius 1 is 1.06 bits per heavy atom. The van der Waals surface area contributed by atoms with E-state index in [0.717, 1.165) is 0 Å². The van der Waals surface area contributed by atoms with Crippen molar-refractivity contribution >= 4 is 23.2 Å². The maximum absolute atomic E-state index is 13.5. The van der Waals surface area contributed by atoms with Crippen molar-refractivity contribution in [2.75, 3.05) is 33.1 Å². The van der Waals surface area contributed by atoms with Gasteiger partial charge in [-0.05, 0) is 38.2 Å². The first-order valence-electron chi connectivity index (χ1n) is 10.5. The van der Waals surface area contributed by atoms with Crippen molar-refractivity contribution in [1.29, 1.82) is 0 Å². The molecular formula is C23H27N3O7. The maximum Gasteiger partial charge on any atom is 0.255 e. The van der Waals surface area contributed by atoms with Crippen LogP contribution in [0, 0.1) is 17.8 Å². The van der Waals surface area contributed by atoms with Gasteiger partial charge in [0.25, 0.3) is 5.91 Å². The van der Waals surface area contributed by atoms with E-state index in [0.29, 0.717) is 11.3 Å². The van der Waals surface area contributed by atoms with E-state index in [1.807, 2.05) is 0 Å². The predicted octanol–water partition coefficient (Wildman–Crippen LogP) is 0.0425. The van der Waals surface area contributed by atoms with E-state index < -0.39 is 64.5 Å². The number of nitrogens with zero attached hydrogens (tertiary/aromatic N) is 2. The average Bonchev–Trinajstić information content (AvgIpc) is 2.70. The lowest BCUT2D eigenvalue weighted by atomic mass is 9.59. The van der Waals surface area contributed by atoms with E-state index in [-0.39, 0.29) is 23.3 Å². The van der Waals surface area contributed by atoms with Crippen LogP contribution >= 0.6 is 0 Å². The Morgan fingerprint density at radius 2 is 1.70 bits per heavy atom. The molecule has 3 aliphatic rings. The van der Waals surface area contributed by atoms with E-state index in [1.165, 1.54) is 11.0 Å². The highest BCUT2D eigenvalue weighted by atomic mass is 16.3. The zero-order valence-corrected chi connectivity index (χ0v) is 18.7. The van der Waals surface area contributed by atoms with Gasteiger partial charge in [0.1, 0.15) is 22.8 Å². The number of anilines is 1. The molecule has 1 aromatic carbocycles. The molecule has 6 N–H and O–H groups in total. The number of aliphatic hydroxyl groups is 3. The van der Waals surface area contributed by atoms with Crippen LogP contribution in [0.4, 0.5) is 5.69 Å². The third-order valence-electron chi connectivity index (χ3n) is 7.01. The molecule has 0 bridgehead atoms. The maximum atomic E-state index is 13.5. The Bertz CT molecular complexity index is 1150. The number of hydrogen-bond acceptors (Lipinski definition) is 9. The number of carbonyl (C=O) groups excluding carboxylic acids is 3. The molecular weight excluding hydrogens is 430 g/mol. The van der Waals surface area contributed by atoms with Crippen LogP contribution in [0.1, 0.15) is 15.9 Å². The number of benzene rings is 1. The van der Waals surface area contributed by atoms with Crippen LogP contribution in [0.3, 0.4) is 0 Å². The number of allylic oxidation sites excluding steroid dienone is 1. The number of ketones is 2. The van der Waals surface area contributed by atoms with Gasteiger partial charge in [0.05, 0.1) is 23.6 Å². The quantitative estimate of drug-likeness (QED) is 0.394. The number of amides is 1. The van der Waals surface area contributed by atoms with E-state index >= 15 is 0 Å². The molecule has 1 aromatic rings. The van der Waals surface area contributed by atoms with Gasteiger partial charge in [-0.25, -0.2) is 0 Å². The van der Waals surface area contributed by atoms with E-state index in [9.17, 15) is 34.8 Å². The van der Waals surface area contributed by atoms with Gasteiger partial charge in [0.15, 0.2) is 11.6 Å². The van der Waals surface area contributed by atoms with Gasteiger partial charge in [-0.1, -0.05) is 0 Å². The summed E-state index contributed by atoms with van der Waals surface area (Å²) in [6.45, 7) is 0. The standard InChI is InChI=1S/C23H27N3O7/c1-25(2)10-5-6-11(27)12-8(10)7-9-13(19(12)29)20(30)15-14(18(9)28)17(26(3)4)22(32)16(21(15)31)23(24)33/h5-6,9,14-15,17-18,27-28,30,32H,7H2,1-4H3,(H2,24,33)/t9?,14?,15?,17-,18-/m0/s1. The molecule has 176 valence electrons. The van der Waals surface area contributed by atoms with E-state index in [1.54, 1.807) is 39.2 Å². The molecule has 0 aliphatic heterocycles. The zero-order chi connectivity index (χ0) is 24.5. The second kappa shape index (κ2) is 7.60. The minimum absolute atomic E-state index is 0.00517. The first-order chi connectivity index (χ1) is 15.4. The Balaban J connectivity index is 1.97. The lowest BCUT2D eigenvalue weighted by Gasteiger charge is -2.48. The smallest absolute Gasteiger partial charge is 0.255 e. The van der Waals surface area contributed by atoms with Crippen LogP contribution in [-0.2, 0) is 16.0 Å². The molecule has 3 unspecified atom stereocenters. The number of hydrogen-bond donors (Lipinski definition) is 5. The number of phenolic OH excluding ortho intramolecular Hbond substituents is 1. The minimum atomic E-state index is -1.44. The SMILES string of the molecule is CN(C)c1ccc(O)c2c1CC1C(=C(O)C3C(=O)C(C(N)=O)=C(O)[C@@H](N(C)C)C3[C@H]1O)C2=O. The van der Waals surface area contributed by atoms with Gasteiger partial charge >= 0.3 is 0 Å². The second-order valence-electron chi connectivity index (χ2n) is 9.23. The minimum Gasteiger partial charge on any atom is -0.511 e. The van der Waals surface area contributed by atoms with Crippen molar-refractivity contribution in [2.24, 2.45) is 23.5 Å². The van der Waals surface area contributed by atoms with E-state index in [2.05, 4.69) is 0 Å². The Kier molecular flexibility index (Phi) is 5.25. The molecule has 4 rings (SSSR count). The first kappa shape index (κ1) is 22.8. The van der Waals surface area contributed by atoms with Gasteiger partial charge in [-0.15, -0.1) is 0 Å². The molecule has 0 radical (unpaired) electrons. The van der Waals surface area contributed by atoms with Crippen molar-refractivity contribution < 1.29 is 34.8 Å². The summed E-state index contributed by atoms with van der Waals surface area (Å²) >= 11 is 0. The molecule has 0 saturated heterocycles. The summed E-state index contributed by atoms with van der Waals surface area (Å²) < 4.78 is 0. The number of Topliss-reactive ketones (excluding diaryl/α,β-unsaturated/α-hetero) is 2. The number of aromatic hydroxyl groups is 1. The highest BCUT2D eigenvalue weighted by Gasteiger charge is 2.58. The number of primary amides is 1. The molecule has 0 heterocycles. The van der Waals surface area contributed by atoms with E-state index in [4.69, 9.17) is 5.73 Å². The summed E-state index contributed by atoms with van der Waals surface area (Å²) in [4.78, 5) is 41.9. The number of nitrogens with two attached hydrogens (primary N) is 1. The van der Waals surface area contributed by atoms with Gasteiger partial charge < -0.3 is 31.1 Å². The number of aliphatic hydroxyl groups excluding tert-OH is 3. The molecule has 0 aromatic heterocycles. The van der Waals surface area contributed by atoms with Crippen LogP contribution in [0.5, 0.6) is 5.75 Å². The fraction of sp³-hybridized carbons (Fsp3) is 0.435. The second-order valence-corrected chi connectivity index (χ2v) is 9.23. The predicted molar refractivity (Wildman–Crippen MR) is 118 cm³/mol. The zero-order valence-electron chi connectivity index (χ0n) is 18.7. The molecule has 0 fully saturated rings. The highest BCUT2D eigenvalue weighted by molar-refractivity contribution is 6.22. The first-order valence-corrected chi connectivity index (χ1v) is 10.5. The van der Waals surface area contributed by atoms with Crippen LogP contribution < -0.4 is 10.6 Å². The number of fused-ring (bicyclic) bond motifs is 3. The summed E-state index contributed by atoms with van der Waals surface area (Å²) in [5.74, 6) is -7.56. The topological polar surface area (TPSA) is 165 Å². The lowest BCUT2D eigenvalue weighted by Crippen LogP contribution is -2.59. The Hall–Kier alpha value is -3.37. The normalized spacial score (nSPS) is 29.1. The van der Waals surface area contributed by atoms with Crippen LogP contribution in [-0.4, -0.2) is 83.1 Å². The number of carbonyl (C=O) groups is 3. The largest absolute Gasteiger partial charge is 0.511 e. The summed E-state index contributed by atoms with van der Waals surface area (Å²) in [6, 6.07) is 2.04. The third-order valence-corrected chi connectivity index (χ3v) is 7.01. The van der Waals surface area contributed by atoms with Crippen molar-refractivity contribution in [3.05, 3.63) is 45.9 Å². The van der Waals surface area contributed by atoms with Crippen molar-refractivity contribution in [2.45, 2.75) is 18.6 Å². The average molecular weight is 457 g/mol. The molecule has 10 nitrogen and oxygen atoms in total. The number of rotatable bonds is 3.